The molecule has 0 spiro atoms. The van der Waals surface area contributed by atoms with Crippen LogP contribution in [0.25, 0.3) is 77.2 Å². The number of nitrogens with zero attached hydrogens (tertiary/aromatic N) is 4. The average molecular weight is 599 g/mol. The van der Waals surface area contributed by atoms with Gasteiger partial charge in [0.1, 0.15) is 5.58 Å². The second-order valence-electron chi connectivity index (χ2n) is 10.6. The third-order valence-electron chi connectivity index (χ3n) is 8.14. The van der Waals surface area contributed by atoms with Gasteiger partial charge in [-0.2, -0.15) is 0 Å². The van der Waals surface area contributed by atoms with Crippen molar-refractivity contribution in [3.63, 3.8) is 0 Å². The van der Waals surface area contributed by atoms with Crippen molar-refractivity contribution in [3.8, 4) is 11.4 Å². The first kappa shape index (κ1) is 28.8. The highest BCUT2D eigenvalue weighted by atomic mass is 16.3. The van der Waals surface area contributed by atoms with E-state index < -0.39 is 0 Å². The number of hydrogen-bond donors (Lipinski definition) is 0. The number of pyridine rings is 2. The summed E-state index contributed by atoms with van der Waals surface area (Å²) in [5, 5.41) is 4.44. The summed E-state index contributed by atoms with van der Waals surface area (Å²) >= 11 is 0. The SMILES string of the molecule is C=C/C=C\C.CC.c1cc(-n2c3ccccc3c3ncccc32)c2oc3ccc(-n4c5ccccc5c5ncccc54)cc3c2c1. The molecular formula is C41H34N4O. The molecule has 4 aromatic carbocycles. The Morgan fingerprint density at radius 2 is 1.20 bits per heavy atom. The van der Waals surface area contributed by atoms with Gasteiger partial charge in [-0.15, -0.1) is 0 Å². The third-order valence-corrected chi connectivity index (χ3v) is 8.14. The monoisotopic (exact) mass is 598 g/mol. The molecule has 0 atom stereocenters. The maximum absolute atomic E-state index is 6.59. The number of rotatable bonds is 3. The molecule has 0 amide bonds. The van der Waals surface area contributed by atoms with Gasteiger partial charge < -0.3 is 13.6 Å². The smallest absolute Gasteiger partial charge is 0.159 e. The molecule has 5 aromatic heterocycles. The number of allylic oxidation sites excluding steroid dienone is 3. The highest BCUT2D eigenvalue weighted by Crippen LogP contribution is 2.39. The van der Waals surface area contributed by atoms with Crippen molar-refractivity contribution in [3.05, 3.63) is 146 Å². The molecule has 0 aliphatic heterocycles. The Hall–Kier alpha value is -5.94. The molecule has 224 valence electrons. The Morgan fingerprint density at radius 1 is 0.609 bits per heavy atom. The van der Waals surface area contributed by atoms with Crippen molar-refractivity contribution in [2.45, 2.75) is 20.8 Å². The molecule has 0 bridgehead atoms. The number of benzene rings is 4. The van der Waals surface area contributed by atoms with Crippen molar-refractivity contribution in [2.75, 3.05) is 0 Å². The first-order chi connectivity index (χ1) is 22.8. The van der Waals surface area contributed by atoms with Crippen molar-refractivity contribution in [2.24, 2.45) is 0 Å². The standard InChI is InChI=1S/C34H20N4O.C5H8.C2H6/c1-3-11-26-23(8-1)32-28(14-6-18-35-32)37(26)21-16-17-31-25(20-21)22-10-5-13-30(34(22)39-31)38-27-12-4-2-9-24(27)33-29(38)15-7-19-36-33;1-3-5-4-2;1-2/h1-20H;3-5H,1H2,2H3;1-2H3/b;5-4-;. The topological polar surface area (TPSA) is 48.8 Å². The van der Waals surface area contributed by atoms with Gasteiger partial charge in [0.15, 0.2) is 5.58 Å². The largest absolute Gasteiger partial charge is 0.454 e. The van der Waals surface area contributed by atoms with E-state index in [1.165, 1.54) is 0 Å². The van der Waals surface area contributed by atoms with Gasteiger partial charge in [-0.25, -0.2) is 0 Å². The number of hydrogen-bond acceptors (Lipinski definition) is 3. The van der Waals surface area contributed by atoms with Crippen LogP contribution in [0.5, 0.6) is 0 Å². The molecule has 0 aliphatic rings. The fraction of sp³-hybridized carbons (Fsp3) is 0.0732. The van der Waals surface area contributed by atoms with Crippen LogP contribution in [0.3, 0.4) is 0 Å². The Morgan fingerprint density at radius 3 is 1.83 bits per heavy atom. The lowest BCUT2D eigenvalue weighted by Crippen LogP contribution is -1.94. The van der Waals surface area contributed by atoms with Gasteiger partial charge in [-0.1, -0.05) is 87.2 Å². The molecule has 0 radical (unpaired) electrons. The van der Waals surface area contributed by atoms with Gasteiger partial charge in [0.05, 0.1) is 38.8 Å². The van der Waals surface area contributed by atoms with Crippen molar-refractivity contribution in [1.82, 2.24) is 19.1 Å². The molecule has 0 N–H and O–H groups in total. The maximum atomic E-state index is 6.59. The van der Waals surface area contributed by atoms with E-state index in [1.54, 1.807) is 6.08 Å². The lowest BCUT2D eigenvalue weighted by Gasteiger charge is -2.08. The van der Waals surface area contributed by atoms with Crippen LogP contribution < -0.4 is 0 Å². The molecule has 9 rings (SSSR count). The predicted octanol–water partition coefficient (Wildman–Crippen LogP) is 11.3. The van der Waals surface area contributed by atoms with Gasteiger partial charge in [-0.05, 0) is 67.6 Å². The summed E-state index contributed by atoms with van der Waals surface area (Å²) in [6.45, 7) is 9.42. The summed E-state index contributed by atoms with van der Waals surface area (Å²) in [6, 6.07) is 37.9. The quantitative estimate of drug-likeness (QED) is 0.190. The molecule has 0 saturated heterocycles. The minimum atomic E-state index is 0.860. The molecular weight excluding hydrogens is 564 g/mol. The number of aromatic nitrogens is 4. The molecule has 5 nitrogen and oxygen atoms in total. The van der Waals surface area contributed by atoms with Crippen LogP contribution in [-0.4, -0.2) is 19.1 Å². The van der Waals surface area contributed by atoms with Gasteiger partial charge in [0.2, 0.25) is 0 Å². The van der Waals surface area contributed by atoms with Crippen molar-refractivity contribution >= 4 is 65.8 Å². The summed E-state index contributed by atoms with van der Waals surface area (Å²) < 4.78 is 11.1. The average Bonchev–Trinajstić information content (AvgIpc) is 3.77. The van der Waals surface area contributed by atoms with Crippen LogP contribution in [0.15, 0.2) is 151 Å². The van der Waals surface area contributed by atoms with Crippen molar-refractivity contribution < 1.29 is 4.42 Å². The zero-order valence-electron chi connectivity index (χ0n) is 26.2. The van der Waals surface area contributed by atoms with Crippen molar-refractivity contribution in [1.29, 1.82) is 0 Å². The van der Waals surface area contributed by atoms with E-state index in [-0.39, 0.29) is 0 Å². The summed E-state index contributed by atoms with van der Waals surface area (Å²) in [5.74, 6) is 0. The minimum absolute atomic E-state index is 0.860. The van der Waals surface area contributed by atoms with Crippen LogP contribution in [0.4, 0.5) is 0 Å². The number of para-hydroxylation sites is 3. The molecule has 0 saturated carbocycles. The fourth-order valence-electron chi connectivity index (χ4n) is 6.33. The molecule has 0 unspecified atom stereocenters. The van der Waals surface area contributed by atoms with E-state index in [0.717, 1.165) is 77.2 Å². The van der Waals surface area contributed by atoms with Crippen LogP contribution in [-0.2, 0) is 0 Å². The number of fused-ring (bicyclic) bond motifs is 9. The zero-order valence-corrected chi connectivity index (χ0v) is 26.2. The van der Waals surface area contributed by atoms with Crippen LogP contribution in [0.2, 0.25) is 0 Å². The number of furan rings is 1. The molecule has 5 heteroatoms. The summed E-state index contributed by atoms with van der Waals surface area (Å²) in [5.41, 5.74) is 10.2. The second-order valence-corrected chi connectivity index (χ2v) is 10.6. The third kappa shape index (κ3) is 4.56. The Bertz CT molecular complexity index is 2440. The molecule has 5 heterocycles. The first-order valence-corrected chi connectivity index (χ1v) is 15.7. The molecule has 0 fully saturated rings. The van der Waals surface area contributed by atoms with Gasteiger partial charge in [-0.3, -0.25) is 9.97 Å². The molecule has 9 aromatic rings. The highest BCUT2D eigenvalue weighted by molar-refractivity contribution is 6.12. The van der Waals surface area contributed by atoms with E-state index in [9.17, 15) is 0 Å². The Labute approximate surface area is 267 Å². The fourth-order valence-corrected chi connectivity index (χ4v) is 6.33. The summed E-state index contributed by atoms with van der Waals surface area (Å²) in [6.07, 6.45) is 9.29. The van der Waals surface area contributed by atoms with E-state index in [0.29, 0.717) is 0 Å². The van der Waals surface area contributed by atoms with E-state index in [4.69, 9.17) is 14.4 Å². The van der Waals surface area contributed by atoms with Gasteiger partial charge in [0.25, 0.3) is 0 Å². The lowest BCUT2D eigenvalue weighted by atomic mass is 10.1. The van der Waals surface area contributed by atoms with Gasteiger partial charge >= 0.3 is 0 Å². The molecule has 46 heavy (non-hydrogen) atoms. The minimum Gasteiger partial charge on any atom is -0.454 e. The summed E-state index contributed by atoms with van der Waals surface area (Å²) in [4.78, 5) is 9.41. The normalized spacial score (nSPS) is 11.4. The van der Waals surface area contributed by atoms with E-state index >= 15 is 0 Å². The van der Waals surface area contributed by atoms with E-state index in [2.05, 4.69) is 113 Å². The van der Waals surface area contributed by atoms with Crippen LogP contribution >= 0.6 is 0 Å². The maximum Gasteiger partial charge on any atom is 0.159 e. The Balaban J connectivity index is 0.000000444. The van der Waals surface area contributed by atoms with Crippen LogP contribution in [0, 0.1) is 0 Å². The van der Waals surface area contributed by atoms with Crippen LogP contribution in [0.1, 0.15) is 20.8 Å². The Kier molecular flexibility index (Phi) is 7.65. The van der Waals surface area contributed by atoms with Gasteiger partial charge in [0, 0.05) is 39.6 Å². The van der Waals surface area contributed by atoms with E-state index in [1.807, 2.05) is 57.4 Å². The first-order valence-electron chi connectivity index (χ1n) is 15.7. The second kappa shape index (κ2) is 12.2. The zero-order chi connectivity index (χ0) is 31.6. The molecule has 0 aliphatic carbocycles. The summed E-state index contributed by atoms with van der Waals surface area (Å²) in [7, 11) is 0. The highest BCUT2D eigenvalue weighted by Gasteiger charge is 2.19. The lowest BCUT2D eigenvalue weighted by molar-refractivity contribution is 0.666. The predicted molar refractivity (Wildman–Crippen MR) is 194 cm³/mol.